The van der Waals surface area contributed by atoms with Crippen LogP contribution in [-0.4, -0.2) is 33.1 Å². The molecule has 0 amide bonds. The lowest BCUT2D eigenvalue weighted by molar-refractivity contribution is -0.181. The smallest absolute Gasteiger partial charge is 0.0689 e. The third kappa shape index (κ3) is 5.28. The molecule has 0 heterocycles. The molecule has 0 aromatic carbocycles. The van der Waals surface area contributed by atoms with Crippen molar-refractivity contribution in [2.24, 2.45) is 10.8 Å². The predicted octanol–water partition coefficient (Wildman–Crippen LogP) is 5.76. The van der Waals surface area contributed by atoms with E-state index in [-0.39, 0.29) is 16.8 Å². The standard InChI is InChI=1S/C13H24O.C11H20O2/c1-11(2,3)10-12-4-7-13(14,8-5-12)9-6-12;1-9(2)13-11-6-3-10(12,4-7-11)5-8-11/h14H,4-10H2,1-3H3;9,12H,3-8H2,1-2H3. The SMILES string of the molecule is CC(C)(C)CC12CCC(O)(CC1)CC2.CC(C)OC12CCC(O)(CC1)CC2. The van der Waals surface area contributed by atoms with E-state index < -0.39 is 0 Å². The number of aliphatic hydroxyl groups is 2. The highest BCUT2D eigenvalue weighted by Crippen LogP contribution is 2.56. The van der Waals surface area contributed by atoms with Crippen LogP contribution in [0.4, 0.5) is 0 Å². The number of rotatable bonds is 3. The van der Waals surface area contributed by atoms with Crippen molar-refractivity contribution in [2.45, 2.75) is 141 Å². The molecule has 158 valence electrons. The zero-order valence-electron chi connectivity index (χ0n) is 18.6. The van der Waals surface area contributed by atoms with Crippen molar-refractivity contribution >= 4 is 0 Å². The molecule has 4 bridgehead atoms. The van der Waals surface area contributed by atoms with E-state index in [0.29, 0.717) is 16.9 Å². The summed E-state index contributed by atoms with van der Waals surface area (Å²) in [4.78, 5) is 0. The number of hydrogen-bond acceptors (Lipinski definition) is 3. The molecule has 6 aliphatic rings. The van der Waals surface area contributed by atoms with Crippen LogP contribution in [0.3, 0.4) is 0 Å². The summed E-state index contributed by atoms with van der Waals surface area (Å²) in [7, 11) is 0. The van der Waals surface area contributed by atoms with Crippen LogP contribution in [0, 0.1) is 10.8 Å². The Morgan fingerprint density at radius 3 is 1.41 bits per heavy atom. The molecule has 0 unspecified atom stereocenters. The summed E-state index contributed by atoms with van der Waals surface area (Å²) in [5.74, 6) is 0. The molecule has 2 N–H and O–H groups in total. The van der Waals surface area contributed by atoms with Gasteiger partial charge in [-0.25, -0.2) is 0 Å². The maximum atomic E-state index is 10.1. The Hall–Kier alpha value is -0.120. The highest BCUT2D eigenvalue weighted by atomic mass is 16.5. The molecule has 6 rings (SSSR count). The fourth-order valence-corrected chi connectivity index (χ4v) is 6.44. The van der Waals surface area contributed by atoms with E-state index in [0.717, 1.165) is 57.8 Å². The van der Waals surface area contributed by atoms with Gasteiger partial charge in [0, 0.05) is 0 Å². The van der Waals surface area contributed by atoms with Crippen molar-refractivity contribution in [1.82, 2.24) is 0 Å². The summed E-state index contributed by atoms with van der Waals surface area (Å²) in [5.41, 5.74) is 0.565. The van der Waals surface area contributed by atoms with Gasteiger partial charge in [0.15, 0.2) is 0 Å². The predicted molar refractivity (Wildman–Crippen MR) is 111 cm³/mol. The monoisotopic (exact) mass is 380 g/mol. The topological polar surface area (TPSA) is 49.7 Å². The Kier molecular flexibility index (Phi) is 5.83. The first-order chi connectivity index (χ1) is 12.4. The van der Waals surface area contributed by atoms with Gasteiger partial charge in [-0.05, 0) is 108 Å². The third-order valence-electron chi connectivity index (χ3n) is 7.89. The third-order valence-corrected chi connectivity index (χ3v) is 7.89. The van der Waals surface area contributed by atoms with E-state index in [4.69, 9.17) is 4.74 Å². The Morgan fingerprint density at radius 1 is 0.704 bits per heavy atom. The van der Waals surface area contributed by atoms with Crippen LogP contribution < -0.4 is 0 Å². The zero-order valence-corrected chi connectivity index (χ0v) is 18.6. The van der Waals surface area contributed by atoms with Crippen molar-refractivity contribution in [1.29, 1.82) is 0 Å². The molecule has 0 aromatic rings. The van der Waals surface area contributed by atoms with Gasteiger partial charge < -0.3 is 14.9 Å². The number of ether oxygens (including phenoxy) is 1. The lowest BCUT2D eigenvalue weighted by Crippen LogP contribution is -2.51. The van der Waals surface area contributed by atoms with Gasteiger partial charge in [-0.3, -0.25) is 0 Å². The minimum Gasteiger partial charge on any atom is -0.390 e. The van der Waals surface area contributed by atoms with Gasteiger partial charge in [0.25, 0.3) is 0 Å². The Bertz CT molecular complexity index is 467. The lowest BCUT2D eigenvalue weighted by Gasteiger charge is -2.53. The highest BCUT2D eigenvalue weighted by Gasteiger charge is 2.49. The second-order valence-corrected chi connectivity index (χ2v) is 12.0. The number of hydrogen-bond donors (Lipinski definition) is 2. The van der Waals surface area contributed by atoms with Gasteiger partial charge in [0.2, 0.25) is 0 Å². The van der Waals surface area contributed by atoms with Gasteiger partial charge in [0.05, 0.1) is 22.9 Å². The van der Waals surface area contributed by atoms with E-state index in [2.05, 4.69) is 34.6 Å². The Labute approximate surface area is 167 Å². The summed E-state index contributed by atoms with van der Waals surface area (Å²) in [6.45, 7) is 11.2. The van der Waals surface area contributed by atoms with E-state index >= 15 is 0 Å². The fourth-order valence-electron chi connectivity index (χ4n) is 6.44. The summed E-state index contributed by atoms with van der Waals surface area (Å²) in [6.07, 6.45) is 14.6. The van der Waals surface area contributed by atoms with Crippen LogP contribution in [0.25, 0.3) is 0 Å². The van der Waals surface area contributed by atoms with Crippen LogP contribution in [-0.2, 0) is 4.74 Å². The highest BCUT2D eigenvalue weighted by molar-refractivity contribution is 5.02. The lowest BCUT2D eigenvalue weighted by atomic mass is 9.55. The van der Waals surface area contributed by atoms with Gasteiger partial charge >= 0.3 is 0 Å². The van der Waals surface area contributed by atoms with Crippen molar-refractivity contribution in [3.63, 3.8) is 0 Å². The fraction of sp³-hybridized carbons (Fsp3) is 1.00. The second kappa shape index (κ2) is 7.29. The molecule has 0 saturated heterocycles. The van der Waals surface area contributed by atoms with Crippen LogP contribution in [0.15, 0.2) is 0 Å². The molecular weight excluding hydrogens is 336 g/mol. The summed E-state index contributed by atoms with van der Waals surface area (Å²) < 4.78 is 6.00. The van der Waals surface area contributed by atoms with Gasteiger partial charge in [-0.2, -0.15) is 0 Å². The van der Waals surface area contributed by atoms with Gasteiger partial charge in [-0.1, -0.05) is 20.8 Å². The normalized spacial score (nSPS) is 43.6. The van der Waals surface area contributed by atoms with Crippen molar-refractivity contribution in [2.75, 3.05) is 0 Å². The van der Waals surface area contributed by atoms with Crippen LogP contribution in [0.1, 0.15) is 118 Å². The minimum absolute atomic E-state index is 0.124. The molecule has 6 aliphatic carbocycles. The van der Waals surface area contributed by atoms with Crippen LogP contribution in [0.2, 0.25) is 0 Å². The first-order valence-electron chi connectivity index (χ1n) is 11.5. The number of fused-ring (bicyclic) bond motifs is 6. The maximum absolute atomic E-state index is 10.1. The van der Waals surface area contributed by atoms with Gasteiger partial charge in [-0.15, -0.1) is 0 Å². The molecule has 3 heteroatoms. The molecule has 6 saturated carbocycles. The summed E-state index contributed by atoms with van der Waals surface area (Å²) in [6, 6.07) is 0. The molecule has 27 heavy (non-hydrogen) atoms. The van der Waals surface area contributed by atoms with Crippen molar-refractivity contribution in [3.05, 3.63) is 0 Å². The Balaban J connectivity index is 0.000000156. The average Bonchev–Trinajstić information content (AvgIpc) is 2.57. The van der Waals surface area contributed by atoms with E-state index in [9.17, 15) is 10.2 Å². The zero-order chi connectivity index (χ0) is 20.0. The van der Waals surface area contributed by atoms with Crippen LogP contribution in [0.5, 0.6) is 0 Å². The molecule has 0 radical (unpaired) electrons. The Morgan fingerprint density at radius 2 is 1.07 bits per heavy atom. The molecule has 0 aliphatic heterocycles. The van der Waals surface area contributed by atoms with Crippen LogP contribution >= 0.6 is 0 Å². The maximum Gasteiger partial charge on any atom is 0.0689 e. The quantitative estimate of drug-likeness (QED) is 0.655. The first-order valence-corrected chi connectivity index (χ1v) is 11.5. The summed E-state index contributed by atoms with van der Waals surface area (Å²) in [5, 5.41) is 20.1. The molecule has 6 fully saturated rings. The average molecular weight is 381 g/mol. The molecule has 0 atom stereocenters. The summed E-state index contributed by atoms with van der Waals surface area (Å²) >= 11 is 0. The van der Waals surface area contributed by atoms with Crippen molar-refractivity contribution < 1.29 is 14.9 Å². The van der Waals surface area contributed by atoms with E-state index in [1.165, 1.54) is 25.7 Å². The molecular formula is C24H44O3. The molecule has 0 spiro atoms. The minimum atomic E-state index is -0.331. The van der Waals surface area contributed by atoms with E-state index in [1.807, 2.05) is 0 Å². The molecule has 0 aromatic heterocycles. The van der Waals surface area contributed by atoms with E-state index in [1.54, 1.807) is 0 Å². The van der Waals surface area contributed by atoms with Gasteiger partial charge in [0.1, 0.15) is 0 Å². The first kappa shape index (κ1) is 21.6. The second-order valence-electron chi connectivity index (χ2n) is 12.0. The molecule has 3 nitrogen and oxygen atoms in total. The largest absolute Gasteiger partial charge is 0.390 e. The van der Waals surface area contributed by atoms with Crippen molar-refractivity contribution in [3.8, 4) is 0 Å².